The second-order valence-electron chi connectivity index (χ2n) is 6.55. The normalized spacial score (nSPS) is 21.3. The predicted molar refractivity (Wildman–Crippen MR) is 94.8 cm³/mol. The maximum atomic E-state index is 12.5. The van der Waals surface area contributed by atoms with E-state index in [1.165, 1.54) is 0 Å². The lowest BCUT2D eigenvalue weighted by molar-refractivity contribution is -0.151. The van der Waals surface area contributed by atoms with Crippen LogP contribution in [0.4, 0.5) is 0 Å². The van der Waals surface area contributed by atoms with E-state index in [4.69, 9.17) is 4.74 Å². The van der Waals surface area contributed by atoms with Crippen LogP contribution in [0.5, 0.6) is 0 Å². The molecule has 25 heavy (non-hydrogen) atoms. The van der Waals surface area contributed by atoms with Gasteiger partial charge in [-0.15, -0.1) is 0 Å². The van der Waals surface area contributed by atoms with Gasteiger partial charge in [0, 0.05) is 6.04 Å². The van der Waals surface area contributed by atoms with Gasteiger partial charge >= 0.3 is 5.97 Å². The summed E-state index contributed by atoms with van der Waals surface area (Å²) in [6, 6.07) is 8.97. The number of carbonyl (C=O) groups is 2. The topological polar surface area (TPSA) is 89.5 Å². The highest BCUT2D eigenvalue weighted by Gasteiger charge is 2.30. The Morgan fingerprint density at radius 2 is 1.96 bits per heavy atom. The lowest BCUT2D eigenvalue weighted by Crippen LogP contribution is -2.38. The third kappa shape index (κ3) is 5.56. The number of hydrogen-bond acceptors (Lipinski definition) is 5. The largest absolute Gasteiger partial charge is 0.455 e. The molecule has 0 aromatic heterocycles. The Kier molecular flexibility index (Phi) is 6.58. The van der Waals surface area contributed by atoms with Crippen molar-refractivity contribution in [2.24, 2.45) is 5.92 Å². The monoisotopic (exact) mass is 367 g/mol. The first-order valence-electron chi connectivity index (χ1n) is 8.53. The van der Waals surface area contributed by atoms with Crippen LogP contribution >= 0.6 is 0 Å². The third-order valence-electron chi connectivity index (χ3n) is 4.57. The van der Waals surface area contributed by atoms with E-state index in [1.807, 2.05) is 44.2 Å². The van der Waals surface area contributed by atoms with E-state index in [9.17, 15) is 18.0 Å². The maximum Gasteiger partial charge on any atom is 0.314 e. The zero-order valence-corrected chi connectivity index (χ0v) is 15.4. The molecule has 0 unspecified atom stereocenters. The molecule has 0 radical (unpaired) electrons. The zero-order valence-electron chi connectivity index (χ0n) is 14.6. The number of hydrogen-bond donors (Lipinski definition) is 1. The molecule has 1 aliphatic rings. The molecule has 1 heterocycles. The molecule has 1 fully saturated rings. The summed E-state index contributed by atoms with van der Waals surface area (Å²) in [4.78, 5) is 24.4. The molecule has 1 aromatic carbocycles. The van der Waals surface area contributed by atoms with E-state index in [-0.39, 0.29) is 17.4 Å². The summed E-state index contributed by atoms with van der Waals surface area (Å²) in [6.07, 6.45) is 1.21. The van der Waals surface area contributed by atoms with Gasteiger partial charge in [0.2, 0.25) is 0 Å². The lowest BCUT2D eigenvalue weighted by Gasteiger charge is -2.22. The van der Waals surface area contributed by atoms with Crippen molar-refractivity contribution >= 4 is 21.7 Å². The molecule has 0 bridgehead atoms. The fourth-order valence-corrected chi connectivity index (χ4v) is 4.67. The fraction of sp³-hybridized carbons (Fsp3) is 0.556. The predicted octanol–water partition coefficient (Wildman–Crippen LogP) is 1.66. The van der Waals surface area contributed by atoms with Gasteiger partial charge in [-0.2, -0.15) is 0 Å². The molecule has 1 N–H and O–H groups in total. The highest BCUT2D eigenvalue weighted by Crippen LogP contribution is 2.28. The van der Waals surface area contributed by atoms with Gasteiger partial charge in [-0.05, 0) is 17.9 Å². The number of nitrogens with one attached hydrogen (secondary N) is 1. The molecule has 3 atom stereocenters. The van der Waals surface area contributed by atoms with Gasteiger partial charge in [-0.1, -0.05) is 50.6 Å². The second kappa shape index (κ2) is 8.47. The van der Waals surface area contributed by atoms with E-state index >= 15 is 0 Å². The smallest absolute Gasteiger partial charge is 0.314 e. The van der Waals surface area contributed by atoms with Crippen LogP contribution in [0.1, 0.15) is 38.2 Å². The number of rotatable bonds is 7. The van der Waals surface area contributed by atoms with Crippen LogP contribution in [0.15, 0.2) is 30.3 Å². The Morgan fingerprint density at radius 1 is 1.28 bits per heavy atom. The number of carbonyl (C=O) groups excluding carboxylic acids is 2. The Morgan fingerprint density at radius 3 is 2.52 bits per heavy atom. The molecule has 7 heteroatoms. The first kappa shape index (κ1) is 19.4. The van der Waals surface area contributed by atoms with Gasteiger partial charge in [0.15, 0.2) is 16.4 Å². The van der Waals surface area contributed by atoms with Gasteiger partial charge in [-0.3, -0.25) is 9.59 Å². The summed E-state index contributed by atoms with van der Waals surface area (Å²) in [5, 5.41) is 2.62. The summed E-state index contributed by atoms with van der Waals surface area (Å²) in [6.45, 7) is 3.58. The van der Waals surface area contributed by atoms with Crippen LogP contribution in [-0.4, -0.2) is 44.4 Å². The minimum Gasteiger partial charge on any atom is -0.455 e. The quantitative estimate of drug-likeness (QED) is 0.741. The number of ether oxygens (including phenoxy) is 1. The van der Waals surface area contributed by atoms with Gasteiger partial charge < -0.3 is 10.1 Å². The second-order valence-corrected chi connectivity index (χ2v) is 8.78. The van der Waals surface area contributed by atoms with Crippen LogP contribution in [0, 0.1) is 5.92 Å². The standard InChI is InChI=1S/C18H25NO5S/c1-3-13(2)17(14-7-5-4-6-8-14)18(21)24-11-16(20)19-15-9-10-25(22,23)12-15/h4-8,13,15,17H,3,9-12H2,1-2H3,(H,19,20)/t13-,15-,17-/m1/s1. The van der Waals surface area contributed by atoms with Crippen molar-refractivity contribution in [2.75, 3.05) is 18.1 Å². The summed E-state index contributed by atoms with van der Waals surface area (Å²) in [5.74, 6) is -1.21. The van der Waals surface area contributed by atoms with Crippen molar-refractivity contribution in [3.05, 3.63) is 35.9 Å². The van der Waals surface area contributed by atoms with Crippen molar-refractivity contribution in [1.29, 1.82) is 0 Å². The maximum absolute atomic E-state index is 12.5. The molecule has 0 spiro atoms. The van der Waals surface area contributed by atoms with Crippen LogP contribution in [0.2, 0.25) is 0 Å². The van der Waals surface area contributed by atoms with E-state index in [1.54, 1.807) is 0 Å². The Balaban J connectivity index is 1.91. The average molecular weight is 367 g/mol. The van der Waals surface area contributed by atoms with Crippen molar-refractivity contribution in [2.45, 2.75) is 38.6 Å². The first-order valence-corrected chi connectivity index (χ1v) is 10.4. The third-order valence-corrected chi connectivity index (χ3v) is 6.34. The SMILES string of the molecule is CC[C@@H](C)[C@@H](C(=O)OCC(=O)N[C@@H]1CCS(=O)(=O)C1)c1ccccc1. The molecule has 1 amide bonds. The Bertz CT molecular complexity index is 701. The fourth-order valence-electron chi connectivity index (χ4n) is 3.00. The molecule has 2 rings (SSSR count). The van der Waals surface area contributed by atoms with Crippen molar-refractivity contribution in [3.8, 4) is 0 Å². The number of benzene rings is 1. The van der Waals surface area contributed by atoms with Crippen LogP contribution in [-0.2, 0) is 24.2 Å². The molecule has 138 valence electrons. The lowest BCUT2D eigenvalue weighted by atomic mass is 9.86. The minimum atomic E-state index is -3.06. The van der Waals surface area contributed by atoms with Gasteiger partial charge in [-0.25, -0.2) is 8.42 Å². The molecule has 1 aromatic rings. The zero-order chi connectivity index (χ0) is 18.4. The summed E-state index contributed by atoms with van der Waals surface area (Å²) < 4.78 is 28.0. The summed E-state index contributed by atoms with van der Waals surface area (Å²) in [5.41, 5.74) is 0.865. The van der Waals surface area contributed by atoms with Crippen LogP contribution in [0.25, 0.3) is 0 Å². The molecule has 6 nitrogen and oxygen atoms in total. The average Bonchev–Trinajstić information content (AvgIpc) is 2.92. The highest BCUT2D eigenvalue weighted by atomic mass is 32.2. The number of amides is 1. The van der Waals surface area contributed by atoms with Gasteiger partial charge in [0.05, 0.1) is 17.4 Å². The van der Waals surface area contributed by atoms with Gasteiger partial charge in [0.25, 0.3) is 5.91 Å². The van der Waals surface area contributed by atoms with E-state index < -0.39 is 40.3 Å². The Labute approximate surface area is 148 Å². The molecular formula is C18H25NO5S. The molecule has 0 aliphatic carbocycles. The van der Waals surface area contributed by atoms with Crippen LogP contribution in [0.3, 0.4) is 0 Å². The molecule has 0 saturated carbocycles. The van der Waals surface area contributed by atoms with Gasteiger partial charge in [0.1, 0.15) is 0 Å². The van der Waals surface area contributed by atoms with Crippen LogP contribution < -0.4 is 5.32 Å². The summed E-state index contributed by atoms with van der Waals surface area (Å²) in [7, 11) is -3.06. The number of sulfone groups is 1. The first-order chi connectivity index (χ1) is 11.8. The minimum absolute atomic E-state index is 0.0494. The highest BCUT2D eigenvalue weighted by molar-refractivity contribution is 7.91. The van der Waals surface area contributed by atoms with Crippen molar-refractivity contribution in [1.82, 2.24) is 5.32 Å². The summed E-state index contributed by atoms with van der Waals surface area (Å²) >= 11 is 0. The van der Waals surface area contributed by atoms with E-state index in [0.29, 0.717) is 6.42 Å². The molecular weight excluding hydrogens is 342 g/mol. The number of esters is 1. The molecule has 1 aliphatic heterocycles. The van der Waals surface area contributed by atoms with E-state index in [2.05, 4.69) is 5.32 Å². The molecule has 1 saturated heterocycles. The van der Waals surface area contributed by atoms with Crippen molar-refractivity contribution < 1.29 is 22.7 Å². The van der Waals surface area contributed by atoms with Crippen molar-refractivity contribution in [3.63, 3.8) is 0 Å². The van der Waals surface area contributed by atoms with E-state index in [0.717, 1.165) is 12.0 Å². The Hall–Kier alpha value is -1.89.